The highest BCUT2D eigenvalue weighted by molar-refractivity contribution is 8.03. The second kappa shape index (κ2) is 6.00. The van der Waals surface area contributed by atoms with Gasteiger partial charge in [0.2, 0.25) is 0 Å². The van der Waals surface area contributed by atoms with Crippen molar-refractivity contribution in [1.29, 1.82) is 0 Å². The van der Waals surface area contributed by atoms with Crippen molar-refractivity contribution in [2.75, 3.05) is 5.75 Å². The first-order valence-electron chi connectivity index (χ1n) is 4.22. The molecule has 0 spiro atoms. The van der Waals surface area contributed by atoms with Crippen molar-refractivity contribution in [2.24, 2.45) is 0 Å². The second-order valence-corrected chi connectivity index (χ2v) is 4.08. The molecule has 0 aromatic rings. The van der Waals surface area contributed by atoms with Crippen molar-refractivity contribution in [3.63, 3.8) is 0 Å². The lowest BCUT2D eigenvalue weighted by Crippen LogP contribution is -2.08. The van der Waals surface area contributed by atoms with Crippen LogP contribution in [-0.2, 0) is 0 Å². The van der Waals surface area contributed by atoms with Gasteiger partial charge in [0.1, 0.15) is 5.83 Å². The fourth-order valence-corrected chi connectivity index (χ4v) is 1.18. The van der Waals surface area contributed by atoms with Crippen LogP contribution in [0.4, 0.5) is 17.6 Å². The number of alkyl halides is 3. The highest BCUT2D eigenvalue weighted by atomic mass is 32.2. The summed E-state index contributed by atoms with van der Waals surface area (Å²) in [6, 6.07) is 0. The third-order valence-electron chi connectivity index (χ3n) is 1.51. The third-order valence-corrected chi connectivity index (χ3v) is 2.34. The summed E-state index contributed by atoms with van der Waals surface area (Å²) in [5.74, 6) is -0.104. The van der Waals surface area contributed by atoms with Gasteiger partial charge in [-0.1, -0.05) is 19.6 Å². The average molecular weight is 240 g/mol. The zero-order chi connectivity index (χ0) is 12.1. The Labute approximate surface area is 90.7 Å². The first kappa shape index (κ1) is 14.3. The Morgan fingerprint density at radius 2 is 1.87 bits per heavy atom. The van der Waals surface area contributed by atoms with Crippen molar-refractivity contribution < 1.29 is 17.6 Å². The predicted octanol–water partition coefficient (Wildman–Crippen LogP) is 4.62. The molecule has 0 nitrogen and oxygen atoms in total. The van der Waals surface area contributed by atoms with E-state index in [2.05, 4.69) is 6.58 Å². The average Bonchev–Trinajstić information content (AvgIpc) is 2.12. The normalized spacial score (nSPS) is 14.3. The lowest BCUT2D eigenvalue weighted by Gasteiger charge is -2.04. The molecule has 0 saturated heterocycles. The van der Waals surface area contributed by atoms with Crippen LogP contribution in [0.5, 0.6) is 0 Å². The van der Waals surface area contributed by atoms with Crippen LogP contribution in [0.1, 0.15) is 13.8 Å². The second-order valence-electron chi connectivity index (χ2n) is 2.72. The molecule has 0 aliphatic rings. The first-order chi connectivity index (χ1) is 6.79. The maximum atomic E-state index is 13.1. The molecule has 0 saturated carbocycles. The van der Waals surface area contributed by atoms with E-state index < -0.39 is 17.6 Å². The van der Waals surface area contributed by atoms with Crippen molar-refractivity contribution in [2.45, 2.75) is 20.0 Å². The molecule has 0 aromatic heterocycles. The summed E-state index contributed by atoms with van der Waals surface area (Å²) in [6.07, 6.45) is -2.92. The Bertz CT molecular complexity index is 286. The third kappa shape index (κ3) is 5.67. The standard InChI is InChI=1S/C10H12F4S/c1-4-15-8(3)9(11)6-5-7(2)10(12,13)14/h5-6H,3-4H2,1-2H3/b7-5+,9-6+. The molecule has 0 aromatic carbocycles. The monoisotopic (exact) mass is 240 g/mol. The van der Waals surface area contributed by atoms with Crippen LogP contribution >= 0.6 is 11.8 Å². The van der Waals surface area contributed by atoms with Crippen molar-refractivity contribution in [3.05, 3.63) is 35.0 Å². The molecule has 86 valence electrons. The van der Waals surface area contributed by atoms with Crippen LogP contribution in [0.15, 0.2) is 35.0 Å². The number of halogens is 4. The number of allylic oxidation sites excluding steroid dienone is 4. The highest BCUT2D eigenvalue weighted by Crippen LogP contribution is 2.26. The number of thioether (sulfide) groups is 1. The van der Waals surface area contributed by atoms with Gasteiger partial charge in [0, 0.05) is 10.5 Å². The Morgan fingerprint density at radius 3 is 2.27 bits per heavy atom. The van der Waals surface area contributed by atoms with Gasteiger partial charge in [0.05, 0.1) is 0 Å². The zero-order valence-electron chi connectivity index (χ0n) is 8.49. The largest absolute Gasteiger partial charge is 0.412 e. The molecule has 0 bridgehead atoms. The molecule has 0 atom stereocenters. The number of hydrogen-bond donors (Lipinski definition) is 0. The molecule has 0 unspecified atom stereocenters. The molecule has 0 heterocycles. The van der Waals surface area contributed by atoms with Crippen LogP contribution in [0, 0.1) is 0 Å². The van der Waals surface area contributed by atoms with Gasteiger partial charge in [-0.15, -0.1) is 11.8 Å². The molecule has 0 radical (unpaired) electrons. The van der Waals surface area contributed by atoms with Crippen molar-refractivity contribution >= 4 is 11.8 Å². The molecule has 0 aliphatic heterocycles. The molecule has 0 amide bonds. The summed E-state index contributed by atoms with van der Waals surface area (Å²) in [5.41, 5.74) is -0.841. The van der Waals surface area contributed by atoms with Crippen molar-refractivity contribution in [1.82, 2.24) is 0 Å². The van der Waals surface area contributed by atoms with Crippen LogP contribution in [0.2, 0.25) is 0 Å². The van der Waals surface area contributed by atoms with E-state index in [1.165, 1.54) is 0 Å². The zero-order valence-corrected chi connectivity index (χ0v) is 9.31. The molecule has 0 N–H and O–H groups in total. The summed E-state index contributed by atoms with van der Waals surface area (Å²) >= 11 is 1.15. The van der Waals surface area contributed by atoms with Gasteiger partial charge in [0.25, 0.3) is 0 Å². The van der Waals surface area contributed by atoms with Crippen LogP contribution in [0.25, 0.3) is 0 Å². The van der Waals surface area contributed by atoms with Gasteiger partial charge in [-0.2, -0.15) is 13.2 Å². The van der Waals surface area contributed by atoms with Gasteiger partial charge in [0.15, 0.2) is 0 Å². The summed E-state index contributed by atoms with van der Waals surface area (Å²) in [4.78, 5) is 0.142. The van der Waals surface area contributed by atoms with E-state index in [1.807, 2.05) is 0 Å². The SMILES string of the molecule is C=C(SCC)/C(F)=C\C=C(/C)C(F)(F)F. The van der Waals surface area contributed by atoms with Gasteiger partial charge >= 0.3 is 6.18 Å². The number of rotatable bonds is 4. The Balaban J connectivity index is 4.58. The quantitative estimate of drug-likeness (QED) is 0.510. The van der Waals surface area contributed by atoms with Crippen molar-refractivity contribution in [3.8, 4) is 0 Å². The lowest BCUT2D eigenvalue weighted by atomic mass is 10.2. The minimum Gasteiger partial charge on any atom is -0.206 e. The van der Waals surface area contributed by atoms with E-state index >= 15 is 0 Å². The Kier molecular flexibility index (Phi) is 5.72. The molecule has 0 fully saturated rings. The van der Waals surface area contributed by atoms with Gasteiger partial charge in [-0.25, -0.2) is 4.39 Å². The molecule has 15 heavy (non-hydrogen) atoms. The Morgan fingerprint density at radius 1 is 1.33 bits per heavy atom. The van der Waals surface area contributed by atoms with Gasteiger partial charge < -0.3 is 0 Å². The van der Waals surface area contributed by atoms with E-state index in [-0.39, 0.29) is 4.91 Å². The van der Waals surface area contributed by atoms with E-state index in [4.69, 9.17) is 0 Å². The topological polar surface area (TPSA) is 0 Å². The molecule has 0 aliphatic carbocycles. The predicted molar refractivity (Wildman–Crippen MR) is 56.3 cm³/mol. The minimum absolute atomic E-state index is 0.142. The minimum atomic E-state index is -4.41. The summed E-state index contributed by atoms with van der Waals surface area (Å²) in [6.45, 7) is 6.09. The molecule has 0 rings (SSSR count). The molecular weight excluding hydrogens is 228 g/mol. The number of hydrogen-bond acceptors (Lipinski definition) is 1. The smallest absolute Gasteiger partial charge is 0.206 e. The Hall–Kier alpha value is -0.710. The summed E-state index contributed by atoms with van der Waals surface area (Å²) < 4.78 is 49.1. The maximum absolute atomic E-state index is 13.1. The van der Waals surface area contributed by atoms with Crippen LogP contribution in [-0.4, -0.2) is 11.9 Å². The molecule has 5 heteroatoms. The van der Waals surface area contributed by atoms with E-state index in [0.29, 0.717) is 11.8 Å². The van der Waals surface area contributed by atoms with Gasteiger partial charge in [-0.05, 0) is 18.8 Å². The fourth-order valence-electron chi connectivity index (χ4n) is 0.629. The maximum Gasteiger partial charge on any atom is 0.412 e. The lowest BCUT2D eigenvalue weighted by molar-refractivity contribution is -0.0912. The highest BCUT2D eigenvalue weighted by Gasteiger charge is 2.29. The van der Waals surface area contributed by atoms with Crippen LogP contribution in [0.3, 0.4) is 0 Å². The summed E-state index contributed by atoms with van der Waals surface area (Å²) in [7, 11) is 0. The summed E-state index contributed by atoms with van der Waals surface area (Å²) in [5, 5.41) is 0. The van der Waals surface area contributed by atoms with E-state index in [9.17, 15) is 17.6 Å². The van der Waals surface area contributed by atoms with Gasteiger partial charge in [-0.3, -0.25) is 0 Å². The first-order valence-corrected chi connectivity index (χ1v) is 5.21. The van der Waals surface area contributed by atoms with E-state index in [0.717, 1.165) is 24.8 Å². The fraction of sp³-hybridized carbons (Fsp3) is 0.400. The molecular formula is C10H12F4S. The van der Waals surface area contributed by atoms with Crippen LogP contribution < -0.4 is 0 Å². The van der Waals surface area contributed by atoms with E-state index in [1.54, 1.807) is 6.92 Å².